The molecule has 3 aromatic rings. The third kappa shape index (κ3) is 4.06. The molecule has 8 nitrogen and oxygen atoms in total. The van der Waals surface area contributed by atoms with Crippen LogP contribution in [-0.2, 0) is 22.7 Å². The lowest BCUT2D eigenvalue weighted by atomic mass is 10.1. The maximum Gasteiger partial charge on any atom is 0.257 e. The van der Waals surface area contributed by atoms with Gasteiger partial charge < -0.3 is 14.7 Å². The summed E-state index contributed by atoms with van der Waals surface area (Å²) in [6.45, 7) is 1.04. The largest absolute Gasteiger partial charge is 0.348 e. The molecule has 1 fully saturated rings. The van der Waals surface area contributed by atoms with Gasteiger partial charge in [-0.05, 0) is 29.8 Å². The Morgan fingerprint density at radius 1 is 1.18 bits per heavy atom. The van der Waals surface area contributed by atoms with E-state index in [4.69, 9.17) is 4.52 Å². The summed E-state index contributed by atoms with van der Waals surface area (Å²) in [6.07, 6.45) is 3.59. The Labute approximate surface area is 161 Å². The van der Waals surface area contributed by atoms with Crippen molar-refractivity contribution in [3.8, 4) is 11.5 Å². The summed E-state index contributed by atoms with van der Waals surface area (Å²) in [5.41, 5.74) is 1.81. The first-order valence-corrected chi connectivity index (χ1v) is 9.01. The van der Waals surface area contributed by atoms with Gasteiger partial charge in [-0.25, -0.2) is 0 Å². The van der Waals surface area contributed by atoms with Gasteiger partial charge in [-0.3, -0.25) is 14.6 Å². The Bertz CT molecular complexity index is 958. The molecule has 1 aliphatic rings. The highest BCUT2D eigenvalue weighted by Gasteiger charge is 2.34. The predicted molar refractivity (Wildman–Crippen MR) is 99.3 cm³/mol. The summed E-state index contributed by atoms with van der Waals surface area (Å²) >= 11 is 0. The van der Waals surface area contributed by atoms with Crippen molar-refractivity contribution in [2.75, 3.05) is 6.54 Å². The van der Waals surface area contributed by atoms with Gasteiger partial charge in [-0.1, -0.05) is 23.4 Å². The number of rotatable bonds is 6. The summed E-state index contributed by atoms with van der Waals surface area (Å²) in [7, 11) is 0. The molecule has 0 bridgehead atoms. The second kappa shape index (κ2) is 7.99. The Hall–Kier alpha value is -3.55. The van der Waals surface area contributed by atoms with Crippen LogP contribution >= 0.6 is 0 Å². The van der Waals surface area contributed by atoms with E-state index in [0.29, 0.717) is 24.8 Å². The summed E-state index contributed by atoms with van der Waals surface area (Å²) in [4.78, 5) is 34.6. The lowest BCUT2D eigenvalue weighted by molar-refractivity contribution is -0.129. The van der Waals surface area contributed by atoms with Crippen molar-refractivity contribution in [1.29, 1.82) is 0 Å². The van der Waals surface area contributed by atoms with Gasteiger partial charge in [-0.15, -0.1) is 0 Å². The van der Waals surface area contributed by atoms with Gasteiger partial charge in [0.05, 0.1) is 12.5 Å². The second-order valence-corrected chi connectivity index (χ2v) is 6.63. The maximum atomic E-state index is 12.5. The number of hydrogen-bond acceptors (Lipinski definition) is 6. The van der Waals surface area contributed by atoms with Gasteiger partial charge in [0.25, 0.3) is 5.89 Å². The van der Waals surface area contributed by atoms with Crippen LogP contribution in [0.25, 0.3) is 11.5 Å². The Balaban J connectivity index is 1.31. The zero-order chi connectivity index (χ0) is 19.3. The number of nitrogens with one attached hydrogen (secondary N) is 1. The van der Waals surface area contributed by atoms with Crippen LogP contribution in [0.1, 0.15) is 17.8 Å². The topological polar surface area (TPSA) is 101 Å². The maximum absolute atomic E-state index is 12.5. The number of benzene rings is 1. The zero-order valence-corrected chi connectivity index (χ0v) is 15.1. The van der Waals surface area contributed by atoms with E-state index in [9.17, 15) is 9.59 Å². The van der Waals surface area contributed by atoms with Crippen molar-refractivity contribution in [1.82, 2.24) is 25.3 Å². The minimum Gasteiger partial charge on any atom is -0.348 e. The molecular formula is C20H19N5O3. The van der Waals surface area contributed by atoms with Crippen LogP contribution in [0.15, 0.2) is 59.4 Å². The molecule has 1 unspecified atom stereocenters. The molecule has 0 spiro atoms. The Morgan fingerprint density at radius 2 is 1.96 bits per heavy atom. The number of nitrogens with zero attached hydrogens (tertiary/aromatic N) is 4. The number of aromatic nitrogens is 3. The molecule has 1 aromatic carbocycles. The van der Waals surface area contributed by atoms with Crippen LogP contribution < -0.4 is 5.32 Å². The van der Waals surface area contributed by atoms with Gasteiger partial charge in [0, 0.05) is 37.5 Å². The highest BCUT2D eigenvalue weighted by atomic mass is 16.5. The van der Waals surface area contributed by atoms with Gasteiger partial charge in [0.2, 0.25) is 11.8 Å². The summed E-state index contributed by atoms with van der Waals surface area (Å²) in [5.74, 6) is 0.212. The van der Waals surface area contributed by atoms with E-state index in [2.05, 4.69) is 20.4 Å². The van der Waals surface area contributed by atoms with E-state index in [-0.39, 0.29) is 30.7 Å². The monoisotopic (exact) mass is 377 g/mol. The molecule has 3 heterocycles. The van der Waals surface area contributed by atoms with E-state index < -0.39 is 0 Å². The molecular weight excluding hydrogens is 358 g/mol. The second-order valence-electron chi connectivity index (χ2n) is 6.63. The molecule has 1 N–H and O–H groups in total. The van der Waals surface area contributed by atoms with Crippen LogP contribution in [0, 0.1) is 5.92 Å². The van der Waals surface area contributed by atoms with Crippen LogP contribution in [0.3, 0.4) is 0 Å². The van der Waals surface area contributed by atoms with Gasteiger partial charge >= 0.3 is 0 Å². The molecule has 1 aliphatic heterocycles. The average molecular weight is 377 g/mol. The number of hydrogen-bond donors (Lipinski definition) is 1. The lowest BCUT2D eigenvalue weighted by Crippen LogP contribution is -2.32. The fourth-order valence-electron chi connectivity index (χ4n) is 3.14. The van der Waals surface area contributed by atoms with Crippen LogP contribution in [0.4, 0.5) is 0 Å². The Morgan fingerprint density at radius 3 is 2.75 bits per heavy atom. The minimum absolute atomic E-state index is 0.0251. The fourth-order valence-corrected chi connectivity index (χ4v) is 3.14. The van der Waals surface area contributed by atoms with E-state index >= 15 is 0 Å². The van der Waals surface area contributed by atoms with E-state index in [0.717, 1.165) is 11.1 Å². The van der Waals surface area contributed by atoms with Crippen molar-refractivity contribution in [3.05, 3.63) is 66.2 Å². The first-order valence-electron chi connectivity index (χ1n) is 9.01. The summed E-state index contributed by atoms with van der Waals surface area (Å²) < 4.78 is 5.23. The van der Waals surface area contributed by atoms with Gasteiger partial charge in [0.1, 0.15) is 0 Å². The smallest absolute Gasteiger partial charge is 0.257 e. The van der Waals surface area contributed by atoms with Crippen molar-refractivity contribution >= 4 is 11.8 Å². The van der Waals surface area contributed by atoms with Crippen LogP contribution in [-0.4, -0.2) is 38.4 Å². The molecule has 1 saturated heterocycles. The summed E-state index contributed by atoms with van der Waals surface area (Å²) in [6, 6.07) is 13.1. The molecule has 142 valence electrons. The van der Waals surface area contributed by atoms with Gasteiger partial charge in [0.15, 0.2) is 5.82 Å². The van der Waals surface area contributed by atoms with Crippen LogP contribution in [0.2, 0.25) is 0 Å². The third-order valence-corrected chi connectivity index (χ3v) is 4.62. The molecule has 28 heavy (non-hydrogen) atoms. The Kier molecular flexibility index (Phi) is 5.09. The normalized spacial score (nSPS) is 16.4. The molecule has 2 amide bonds. The third-order valence-electron chi connectivity index (χ3n) is 4.62. The molecule has 8 heteroatoms. The highest BCUT2D eigenvalue weighted by Crippen LogP contribution is 2.20. The number of amides is 2. The number of carbonyl (C=O) groups excluding carboxylic acids is 2. The summed E-state index contributed by atoms with van der Waals surface area (Å²) in [5, 5.41) is 6.69. The van der Waals surface area contributed by atoms with Crippen molar-refractivity contribution in [2.24, 2.45) is 5.92 Å². The SMILES string of the molecule is O=C(NCc1noc(-c2ccccc2)n1)C1CC(=O)N(Cc2ccncc2)C1. The van der Waals surface area contributed by atoms with E-state index in [1.807, 2.05) is 42.5 Å². The number of carbonyl (C=O) groups is 2. The standard InChI is InChI=1S/C20H19N5O3/c26-18-10-16(13-25(18)12-14-6-8-21-9-7-14)19(27)22-11-17-23-20(28-24-17)15-4-2-1-3-5-15/h1-9,16H,10-13H2,(H,22,27). The molecule has 2 aromatic heterocycles. The van der Waals surface area contributed by atoms with Crippen molar-refractivity contribution in [2.45, 2.75) is 19.5 Å². The van der Waals surface area contributed by atoms with Crippen molar-refractivity contribution in [3.63, 3.8) is 0 Å². The highest BCUT2D eigenvalue weighted by molar-refractivity contribution is 5.89. The lowest BCUT2D eigenvalue weighted by Gasteiger charge is -2.16. The zero-order valence-electron chi connectivity index (χ0n) is 15.1. The number of pyridine rings is 1. The van der Waals surface area contributed by atoms with Crippen LogP contribution in [0.5, 0.6) is 0 Å². The quantitative estimate of drug-likeness (QED) is 0.703. The first-order chi connectivity index (χ1) is 13.7. The van der Waals surface area contributed by atoms with Crippen molar-refractivity contribution < 1.29 is 14.1 Å². The minimum atomic E-state index is -0.380. The molecule has 0 saturated carbocycles. The average Bonchev–Trinajstić information content (AvgIpc) is 3.35. The predicted octanol–water partition coefficient (Wildman–Crippen LogP) is 1.80. The number of likely N-dealkylation sites (tertiary alicyclic amines) is 1. The fraction of sp³-hybridized carbons (Fsp3) is 0.250. The molecule has 0 radical (unpaired) electrons. The van der Waals surface area contributed by atoms with E-state index in [1.54, 1.807) is 17.3 Å². The van der Waals surface area contributed by atoms with E-state index in [1.165, 1.54) is 0 Å². The molecule has 1 atom stereocenters. The first kappa shape index (κ1) is 17.8. The molecule has 0 aliphatic carbocycles. The van der Waals surface area contributed by atoms with Gasteiger partial charge in [-0.2, -0.15) is 4.98 Å². The molecule has 4 rings (SSSR count).